The van der Waals surface area contributed by atoms with E-state index < -0.39 is 11.4 Å². The van der Waals surface area contributed by atoms with E-state index in [0.717, 1.165) is 5.56 Å². The Morgan fingerprint density at radius 3 is 2.76 bits per heavy atom. The lowest BCUT2D eigenvalue weighted by Gasteiger charge is -2.36. The molecule has 1 aliphatic heterocycles. The molecule has 25 heavy (non-hydrogen) atoms. The molecule has 2 aromatic rings. The van der Waals surface area contributed by atoms with Crippen LogP contribution in [-0.2, 0) is 26.3 Å². The maximum Gasteiger partial charge on any atom is 0.325 e. The molecular formula is C17H18ClN3O4. The Balaban J connectivity index is 1.85. The van der Waals surface area contributed by atoms with Crippen LogP contribution in [0.3, 0.4) is 0 Å². The number of aliphatic carboxylic acids is 1. The summed E-state index contributed by atoms with van der Waals surface area (Å²) >= 11 is 6.11. The van der Waals surface area contributed by atoms with Crippen LogP contribution in [0.25, 0.3) is 0 Å². The Bertz CT molecular complexity index is 784. The number of halogens is 1. The summed E-state index contributed by atoms with van der Waals surface area (Å²) in [6.45, 7) is 0.698. The number of nitrogens with zero attached hydrogens (tertiary/aromatic N) is 2. The molecule has 1 fully saturated rings. The largest absolute Gasteiger partial charge is 0.480 e. The molecule has 3 rings (SSSR count). The van der Waals surface area contributed by atoms with E-state index in [4.69, 9.17) is 21.4 Å². The second kappa shape index (κ2) is 7.25. The van der Waals surface area contributed by atoms with Crippen molar-refractivity contribution < 1.29 is 19.4 Å². The minimum absolute atomic E-state index is 0.196. The number of carboxylic acid groups (broad SMARTS) is 1. The number of aromatic nitrogens is 2. The Hall–Kier alpha value is -2.38. The van der Waals surface area contributed by atoms with Crippen molar-refractivity contribution in [3.63, 3.8) is 0 Å². The summed E-state index contributed by atoms with van der Waals surface area (Å²) in [4.78, 5) is 23.8. The van der Waals surface area contributed by atoms with E-state index in [2.05, 4.69) is 10.4 Å². The third-order valence-electron chi connectivity index (χ3n) is 4.34. The number of rotatable bonds is 5. The predicted molar refractivity (Wildman–Crippen MR) is 91.7 cm³/mol. The molecule has 2 N–H and O–H groups in total. The van der Waals surface area contributed by atoms with E-state index in [1.54, 1.807) is 18.2 Å². The quantitative estimate of drug-likeness (QED) is 0.850. The summed E-state index contributed by atoms with van der Waals surface area (Å²) in [6.07, 6.45) is 2.59. The van der Waals surface area contributed by atoms with Gasteiger partial charge in [-0.3, -0.25) is 14.3 Å². The molecule has 1 aliphatic rings. The van der Waals surface area contributed by atoms with Crippen LogP contribution in [-0.4, -0.2) is 40.0 Å². The van der Waals surface area contributed by atoms with Gasteiger partial charge in [-0.2, -0.15) is 5.10 Å². The fraction of sp³-hybridized carbons (Fsp3) is 0.353. The number of benzene rings is 1. The lowest BCUT2D eigenvalue weighted by Crippen LogP contribution is -2.45. The van der Waals surface area contributed by atoms with Gasteiger partial charge in [-0.25, -0.2) is 0 Å². The first-order valence-electron chi connectivity index (χ1n) is 7.90. The van der Waals surface area contributed by atoms with Crippen LogP contribution in [0.4, 0.5) is 5.82 Å². The number of nitrogens with one attached hydrogen (secondary N) is 1. The molecule has 0 atom stereocenters. The van der Waals surface area contributed by atoms with Gasteiger partial charge >= 0.3 is 5.97 Å². The SMILES string of the molecule is O=C(O)Cn1ccc(NC(=O)C2(c3cccc(Cl)c3)CCOCC2)n1. The lowest BCUT2D eigenvalue weighted by atomic mass is 9.73. The average molecular weight is 364 g/mol. The van der Waals surface area contributed by atoms with Crippen LogP contribution >= 0.6 is 11.6 Å². The number of amides is 1. The Kier molecular flexibility index (Phi) is 5.06. The van der Waals surface area contributed by atoms with Crippen molar-refractivity contribution in [2.75, 3.05) is 18.5 Å². The minimum Gasteiger partial charge on any atom is -0.480 e. The zero-order chi connectivity index (χ0) is 17.9. The summed E-state index contributed by atoms with van der Waals surface area (Å²) in [6, 6.07) is 8.86. The highest BCUT2D eigenvalue weighted by atomic mass is 35.5. The number of carbonyl (C=O) groups excluding carboxylic acids is 1. The summed E-state index contributed by atoms with van der Waals surface area (Å²) in [7, 11) is 0. The monoisotopic (exact) mass is 363 g/mol. The van der Waals surface area contributed by atoms with Gasteiger partial charge in [-0.1, -0.05) is 23.7 Å². The normalized spacial score (nSPS) is 16.4. The van der Waals surface area contributed by atoms with E-state index in [9.17, 15) is 9.59 Å². The molecule has 0 aliphatic carbocycles. The number of ether oxygens (including phenoxy) is 1. The molecule has 0 unspecified atom stereocenters. The number of anilines is 1. The second-order valence-electron chi connectivity index (χ2n) is 5.95. The van der Waals surface area contributed by atoms with Gasteiger partial charge in [0.15, 0.2) is 5.82 Å². The van der Waals surface area contributed by atoms with Crippen LogP contribution in [0.1, 0.15) is 18.4 Å². The van der Waals surface area contributed by atoms with Gasteiger partial charge in [0, 0.05) is 30.5 Å². The van der Waals surface area contributed by atoms with E-state index in [1.165, 1.54) is 10.9 Å². The molecule has 132 valence electrons. The molecule has 1 saturated heterocycles. The number of hydrogen-bond donors (Lipinski definition) is 2. The minimum atomic E-state index is -0.999. The van der Waals surface area contributed by atoms with Crippen LogP contribution in [0.2, 0.25) is 5.02 Å². The molecule has 0 bridgehead atoms. The van der Waals surface area contributed by atoms with Crippen LogP contribution in [0, 0.1) is 0 Å². The van der Waals surface area contributed by atoms with Gasteiger partial charge < -0.3 is 15.2 Å². The van der Waals surface area contributed by atoms with E-state index in [-0.39, 0.29) is 12.5 Å². The molecule has 1 aromatic heterocycles. The molecule has 0 spiro atoms. The van der Waals surface area contributed by atoms with Crippen molar-refractivity contribution in [2.45, 2.75) is 24.8 Å². The maximum absolute atomic E-state index is 13.1. The third kappa shape index (κ3) is 3.83. The summed E-state index contributed by atoms with van der Waals surface area (Å²) in [5.74, 6) is -0.876. The predicted octanol–water partition coefficient (Wildman–Crippen LogP) is 2.31. The van der Waals surface area contributed by atoms with Crippen molar-refractivity contribution >= 4 is 29.3 Å². The zero-order valence-corrected chi connectivity index (χ0v) is 14.2. The van der Waals surface area contributed by atoms with Gasteiger partial charge in [0.1, 0.15) is 6.54 Å². The number of carbonyl (C=O) groups is 2. The highest BCUT2D eigenvalue weighted by Gasteiger charge is 2.42. The highest BCUT2D eigenvalue weighted by molar-refractivity contribution is 6.30. The van der Waals surface area contributed by atoms with Gasteiger partial charge in [0.2, 0.25) is 5.91 Å². The summed E-state index contributed by atoms with van der Waals surface area (Å²) < 4.78 is 6.68. The average Bonchev–Trinajstić information content (AvgIpc) is 3.01. The first-order valence-corrected chi connectivity index (χ1v) is 8.28. The van der Waals surface area contributed by atoms with E-state index >= 15 is 0 Å². The summed E-state index contributed by atoms with van der Waals surface area (Å²) in [5, 5.41) is 16.2. The van der Waals surface area contributed by atoms with Crippen molar-refractivity contribution in [2.24, 2.45) is 0 Å². The van der Waals surface area contributed by atoms with Crippen molar-refractivity contribution in [3.05, 3.63) is 47.1 Å². The molecule has 0 saturated carbocycles. The molecule has 1 amide bonds. The van der Waals surface area contributed by atoms with Gasteiger partial charge in [-0.15, -0.1) is 0 Å². The fourth-order valence-corrected chi connectivity index (χ4v) is 3.23. The fourth-order valence-electron chi connectivity index (χ4n) is 3.04. The highest BCUT2D eigenvalue weighted by Crippen LogP contribution is 2.37. The summed E-state index contributed by atoms with van der Waals surface area (Å²) in [5.41, 5.74) is 0.0884. The molecule has 2 heterocycles. The first-order chi connectivity index (χ1) is 12.0. The Morgan fingerprint density at radius 1 is 1.32 bits per heavy atom. The molecular weight excluding hydrogens is 346 g/mol. The van der Waals surface area contributed by atoms with Crippen LogP contribution < -0.4 is 5.32 Å². The van der Waals surface area contributed by atoms with Crippen molar-refractivity contribution in [1.29, 1.82) is 0 Å². The van der Waals surface area contributed by atoms with E-state index in [1.807, 2.05) is 12.1 Å². The maximum atomic E-state index is 13.1. The second-order valence-corrected chi connectivity index (χ2v) is 6.39. The molecule has 8 heteroatoms. The van der Waals surface area contributed by atoms with E-state index in [0.29, 0.717) is 36.9 Å². The molecule has 7 nitrogen and oxygen atoms in total. The topological polar surface area (TPSA) is 93.5 Å². The Morgan fingerprint density at radius 2 is 2.08 bits per heavy atom. The zero-order valence-electron chi connectivity index (χ0n) is 13.4. The van der Waals surface area contributed by atoms with Gasteiger partial charge in [0.05, 0.1) is 5.41 Å². The van der Waals surface area contributed by atoms with Crippen LogP contribution in [0.15, 0.2) is 36.5 Å². The Labute approximate surface area is 149 Å². The smallest absolute Gasteiger partial charge is 0.325 e. The first kappa shape index (κ1) is 17.4. The van der Waals surface area contributed by atoms with Crippen molar-refractivity contribution in [3.8, 4) is 0 Å². The standard InChI is InChI=1S/C17H18ClN3O4/c18-13-3-1-2-12(10-13)17(5-8-25-9-6-17)16(24)19-14-4-7-21(20-14)11-15(22)23/h1-4,7,10H,5-6,8-9,11H2,(H,22,23)(H,19,20,24). The lowest BCUT2D eigenvalue weighted by molar-refractivity contribution is -0.137. The van der Waals surface area contributed by atoms with Crippen molar-refractivity contribution in [1.82, 2.24) is 9.78 Å². The molecule has 0 radical (unpaired) electrons. The number of carboxylic acids is 1. The van der Waals surface area contributed by atoms with Gasteiger partial charge in [-0.05, 0) is 30.5 Å². The third-order valence-corrected chi connectivity index (χ3v) is 4.57. The van der Waals surface area contributed by atoms with Gasteiger partial charge in [0.25, 0.3) is 0 Å². The number of hydrogen-bond acceptors (Lipinski definition) is 4. The molecule has 1 aromatic carbocycles. The van der Waals surface area contributed by atoms with Crippen LogP contribution in [0.5, 0.6) is 0 Å².